The van der Waals surface area contributed by atoms with Crippen LogP contribution in [0.4, 0.5) is 0 Å². The zero-order valence-electron chi connectivity index (χ0n) is 13.5. The molecule has 4 rings (SSSR count). The van der Waals surface area contributed by atoms with E-state index in [0.29, 0.717) is 12.3 Å². The molecule has 1 N–H and O–H groups in total. The molecule has 0 saturated carbocycles. The van der Waals surface area contributed by atoms with Crippen LogP contribution in [0, 0.1) is 0 Å². The highest BCUT2D eigenvalue weighted by molar-refractivity contribution is 5.78. The molecule has 0 saturated heterocycles. The Kier molecular flexibility index (Phi) is 4.01. The molecule has 0 aliphatic carbocycles. The van der Waals surface area contributed by atoms with E-state index in [1.807, 2.05) is 66.7 Å². The summed E-state index contributed by atoms with van der Waals surface area (Å²) in [4.78, 5) is 18.8. The molecule has 0 fully saturated rings. The van der Waals surface area contributed by atoms with Crippen molar-refractivity contribution in [2.45, 2.75) is 6.61 Å². The molecule has 0 radical (unpaired) electrons. The summed E-state index contributed by atoms with van der Waals surface area (Å²) in [5.41, 5.74) is 3.28. The fraction of sp³-hybridized carbons (Fsp3) is 0.0476. The maximum atomic E-state index is 11.5. The molecule has 4 heteroatoms. The minimum Gasteiger partial charge on any atom is -0.489 e. The molecule has 2 aromatic heterocycles. The molecule has 4 nitrogen and oxygen atoms in total. The highest BCUT2D eigenvalue weighted by atomic mass is 16.5. The Morgan fingerprint density at radius 2 is 1.72 bits per heavy atom. The van der Waals surface area contributed by atoms with Crippen molar-refractivity contribution in [3.63, 3.8) is 0 Å². The van der Waals surface area contributed by atoms with Crippen molar-refractivity contribution in [2.75, 3.05) is 0 Å². The first-order valence-electron chi connectivity index (χ1n) is 8.05. The van der Waals surface area contributed by atoms with Crippen LogP contribution in [0.1, 0.15) is 5.56 Å². The van der Waals surface area contributed by atoms with E-state index in [1.54, 1.807) is 6.07 Å². The van der Waals surface area contributed by atoms with Crippen molar-refractivity contribution in [1.82, 2.24) is 9.97 Å². The Morgan fingerprint density at radius 1 is 0.880 bits per heavy atom. The molecule has 122 valence electrons. The zero-order chi connectivity index (χ0) is 17.1. The second-order valence-electron chi connectivity index (χ2n) is 5.76. The Labute approximate surface area is 144 Å². The lowest BCUT2D eigenvalue weighted by Crippen LogP contribution is -2.03. The molecular weight excluding hydrogens is 312 g/mol. The first-order chi connectivity index (χ1) is 12.3. The van der Waals surface area contributed by atoms with Gasteiger partial charge in [-0.15, -0.1) is 0 Å². The zero-order valence-corrected chi connectivity index (χ0v) is 13.5. The summed E-state index contributed by atoms with van der Waals surface area (Å²) in [6, 6.07) is 25.0. The molecule has 0 aliphatic heterocycles. The molecule has 4 aromatic rings. The lowest BCUT2D eigenvalue weighted by Gasteiger charge is -2.08. The monoisotopic (exact) mass is 328 g/mol. The van der Waals surface area contributed by atoms with E-state index in [4.69, 9.17) is 4.74 Å². The van der Waals surface area contributed by atoms with Crippen molar-refractivity contribution < 1.29 is 4.74 Å². The van der Waals surface area contributed by atoms with Crippen LogP contribution in [-0.2, 0) is 6.61 Å². The number of pyridine rings is 2. The van der Waals surface area contributed by atoms with Gasteiger partial charge in [0, 0.05) is 17.0 Å². The number of nitrogens with one attached hydrogen (secondary N) is 1. The van der Waals surface area contributed by atoms with Gasteiger partial charge in [0.2, 0.25) is 5.56 Å². The Morgan fingerprint density at radius 3 is 2.60 bits per heavy atom. The van der Waals surface area contributed by atoms with E-state index in [-0.39, 0.29) is 5.56 Å². The number of fused-ring (bicyclic) bond motifs is 1. The second kappa shape index (κ2) is 6.61. The fourth-order valence-electron chi connectivity index (χ4n) is 2.68. The van der Waals surface area contributed by atoms with Crippen molar-refractivity contribution in [2.24, 2.45) is 0 Å². The Hall–Kier alpha value is -3.40. The van der Waals surface area contributed by atoms with Crippen LogP contribution in [0.3, 0.4) is 0 Å². The van der Waals surface area contributed by atoms with Gasteiger partial charge in [-0.05, 0) is 35.9 Å². The third kappa shape index (κ3) is 3.43. The van der Waals surface area contributed by atoms with Gasteiger partial charge >= 0.3 is 0 Å². The standard InChI is InChI=1S/C21H16N2O2/c24-20-12-10-16-9-11-19(22-21(16)23-20)17-7-4-8-18(13-17)25-14-15-5-2-1-3-6-15/h1-13H,14H2,(H,22,23,24). The molecule has 2 aromatic carbocycles. The number of aromatic amines is 1. The SMILES string of the molecule is O=c1ccc2ccc(-c3cccc(OCc4ccccc4)c3)nc2[nH]1. The predicted molar refractivity (Wildman–Crippen MR) is 98.6 cm³/mol. The van der Waals surface area contributed by atoms with Gasteiger partial charge in [-0.1, -0.05) is 42.5 Å². The van der Waals surface area contributed by atoms with Crippen molar-refractivity contribution in [3.8, 4) is 17.0 Å². The van der Waals surface area contributed by atoms with E-state index in [2.05, 4.69) is 9.97 Å². The van der Waals surface area contributed by atoms with E-state index >= 15 is 0 Å². The minimum absolute atomic E-state index is 0.155. The van der Waals surface area contributed by atoms with E-state index in [9.17, 15) is 4.79 Å². The topological polar surface area (TPSA) is 55.0 Å². The average molecular weight is 328 g/mol. The molecule has 2 heterocycles. The lowest BCUT2D eigenvalue weighted by molar-refractivity contribution is 0.306. The molecule has 25 heavy (non-hydrogen) atoms. The van der Waals surface area contributed by atoms with E-state index < -0.39 is 0 Å². The summed E-state index contributed by atoms with van der Waals surface area (Å²) in [5, 5.41) is 0.903. The maximum absolute atomic E-state index is 11.5. The normalized spacial score (nSPS) is 10.7. The summed E-state index contributed by atoms with van der Waals surface area (Å²) < 4.78 is 5.88. The van der Waals surface area contributed by atoms with Gasteiger partial charge in [-0.2, -0.15) is 0 Å². The van der Waals surface area contributed by atoms with E-state index in [1.165, 1.54) is 6.07 Å². The van der Waals surface area contributed by atoms with E-state index in [0.717, 1.165) is 28.0 Å². The number of hydrogen-bond acceptors (Lipinski definition) is 3. The molecule has 0 aliphatic rings. The number of hydrogen-bond donors (Lipinski definition) is 1. The van der Waals surface area contributed by atoms with Gasteiger partial charge < -0.3 is 9.72 Å². The summed E-state index contributed by atoms with van der Waals surface area (Å²) in [6.07, 6.45) is 0. The average Bonchev–Trinajstić information content (AvgIpc) is 2.67. The molecule has 0 atom stereocenters. The lowest BCUT2D eigenvalue weighted by atomic mass is 10.1. The van der Waals surface area contributed by atoms with Crippen molar-refractivity contribution in [1.29, 1.82) is 0 Å². The number of H-pyrrole nitrogens is 1. The van der Waals surface area contributed by atoms with Gasteiger partial charge in [-0.3, -0.25) is 4.79 Å². The molecule has 0 amide bonds. The van der Waals surface area contributed by atoms with Crippen LogP contribution in [0.25, 0.3) is 22.3 Å². The summed E-state index contributed by atoms with van der Waals surface area (Å²) in [7, 11) is 0. The highest BCUT2D eigenvalue weighted by Crippen LogP contribution is 2.24. The Bertz CT molecular complexity index is 1070. The number of aromatic nitrogens is 2. The Balaban J connectivity index is 1.61. The summed E-state index contributed by atoms with van der Waals surface area (Å²) >= 11 is 0. The van der Waals surface area contributed by atoms with Crippen LogP contribution in [0.5, 0.6) is 5.75 Å². The molecular formula is C21H16N2O2. The largest absolute Gasteiger partial charge is 0.489 e. The van der Waals surface area contributed by atoms with Crippen molar-refractivity contribution >= 4 is 11.0 Å². The molecule has 0 unspecified atom stereocenters. The molecule has 0 spiro atoms. The number of nitrogens with zero attached hydrogens (tertiary/aromatic N) is 1. The van der Waals surface area contributed by atoms with Gasteiger partial charge in [0.05, 0.1) is 5.69 Å². The number of ether oxygens (including phenoxy) is 1. The van der Waals surface area contributed by atoms with Crippen LogP contribution < -0.4 is 10.3 Å². The first kappa shape index (κ1) is 15.1. The van der Waals surface area contributed by atoms with Crippen LogP contribution in [0.15, 0.2) is 83.7 Å². The van der Waals surface area contributed by atoms with Crippen molar-refractivity contribution in [3.05, 3.63) is 94.8 Å². The summed E-state index contributed by atoms with van der Waals surface area (Å²) in [6.45, 7) is 0.517. The second-order valence-corrected chi connectivity index (χ2v) is 5.76. The van der Waals surface area contributed by atoms with Gasteiger partial charge in [0.25, 0.3) is 0 Å². The van der Waals surface area contributed by atoms with Gasteiger partial charge in [0.1, 0.15) is 18.0 Å². The summed E-state index contributed by atoms with van der Waals surface area (Å²) in [5.74, 6) is 0.782. The third-order valence-corrected chi connectivity index (χ3v) is 3.96. The number of rotatable bonds is 4. The quantitative estimate of drug-likeness (QED) is 0.612. The highest BCUT2D eigenvalue weighted by Gasteiger charge is 2.04. The van der Waals surface area contributed by atoms with Gasteiger partial charge in [-0.25, -0.2) is 4.98 Å². The maximum Gasteiger partial charge on any atom is 0.249 e. The third-order valence-electron chi connectivity index (χ3n) is 3.96. The smallest absolute Gasteiger partial charge is 0.249 e. The minimum atomic E-state index is -0.155. The predicted octanol–water partition coefficient (Wildman–Crippen LogP) is 4.17. The van der Waals surface area contributed by atoms with Gasteiger partial charge in [0.15, 0.2) is 0 Å². The first-order valence-corrected chi connectivity index (χ1v) is 8.05. The molecule has 0 bridgehead atoms. The van der Waals surface area contributed by atoms with Crippen LogP contribution in [0.2, 0.25) is 0 Å². The van der Waals surface area contributed by atoms with Crippen LogP contribution in [-0.4, -0.2) is 9.97 Å². The fourth-order valence-corrected chi connectivity index (χ4v) is 2.68. The number of benzene rings is 2. The van der Waals surface area contributed by atoms with Crippen LogP contribution >= 0.6 is 0 Å².